The molecule has 38 heavy (non-hydrogen) atoms. The Morgan fingerprint density at radius 2 is 1.76 bits per heavy atom. The molecule has 0 spiro atoms. The first-order chi connectivity index (χ1) is 18.2. The van der Waals surface area contributed by atoms with E-state index >= 15 is 0 Å². The van der Waals surface area contributed by atoms with E-state index in [-0.39, 0.29) is 10.9 Å². The lowest BCUT2D eigenvalue weighted by atomic mass is 10.0. The Balaban J connectivity index is 1.31. The molecule has 3 aromatic carbocycles. The molecule has 192 valence electrons. The van der Waals surface area contributed by atoms with E-state index in [2.05, 4.69) is 29.5 Å². The maximum atomic E-state index is 12.7. The second-order valence-corrected chi connectivity index (χ2v) is 10.4. The molecule has 0 saturated heterocycles. The number of anilines is 1. The Morgan fingerprint density at radius 1 is 0.947 bits per heavy atom. The first kappa shape index (κ1) is 26.3. The van der Waals surface area contributed by atoms with E-state index in [9.17, 15) is 4.79 Å². The van der Waals surface area contributed by atoms with Crippen LogP contribution in [0.15, 0.2) is 75.6 Å². The maximum Gasteiger partial charge on any atom is 0.293 e. The fraction of sp³-hybridized carbons (Fsp3) is 0.107. The number of amides is 1. The zero-order valence-electron chi connectivity index (χ0n) is 20.1. The van der Waals surface area contributed by atoms with Crippen molar-refractivity contribution in [2.24, 2.45) is 0 Å². The molecule has 0 aliphatic carbocycles. The average molecular weight is 585 g/mol. The van der Waals surface area contributed by atoms with Crippen LogP contribution in [0.3, 0.4) is 0 Å². The van der Waals surface area contributed by atoms with Crippen LogP contribution < -0.4 is 10.6 Å². The van der Waals surface area contributed by atoms with Gasteiger partial charge in [-0.2, -0.15) is 0 Å². The molecule has 5 rings (SSSR count). The minimum atomic E-state index is -0.543. The largest absolute Gasteiger partial charge is 0.451 e. The number of halogens is 3. The number of furan rings is 1. The Labute approximate surface area is 238 Å². The fourth-order valence-electron chi connectivity index (χ4n) is 3.80. The van der Waals surface area contributed by atoms with Crippen molar-refractivity contribution in [2.75, 3.05) is 5.32 Å². The lowest BCUT2D eigenvalue weighted by Gasteiger charge is -2.11. The fourth-order valence-corrected chi connectivity index (χ4v) is 4.56. The first-order valence-electron chi connectivity index (χ1n) is 11.6. The van der Waals surface area contributed by atoms with E-state index in [4.69, 9.17) is 55.9 Å². The van der Waals surface area contributed by atoms with Crippen LogP contribution in [0.4, 0.5) is 5.69 Å². The summed E-state index contributed by atoms with van der Waals surface area (Å²) in [7, 11) is 0. The quantitative estimate of drug-likeness (QED) is 0.201. The number of carbonyl (C=O) groups excluding carboxylic acids is 1. The molecule has 0 fully saturated rings. The number of carbonyl (C=O) groups is 1. The molecular weight excluding hydrogens is 565 g/mol. The summed E-state index contributed by atoms with van der Waals surface area (Å²) < 4.78 is 11.6. The highest BCUT2D eigenvalue weighted by atomic mass is 35.5. The third kappa shape index (κ3) is 5.42. The standard InChI is InChI=1S/C28H20Cl3N3O3S/c1-14(2)15-7-9-23-21(12-15)32-27(37-23)16-6-8-18(29)20(13-16)33-28(38)34-26(35)24-11-10-22(36-24)17-4-3-5-19(30)25(17)31/h3-14H,1-2H3,(H2,33,34,35,38). The maximum absolute atomic E-state index is 12.7. The summed E-state index contributed by atoms with van der Waals surface area (Å²) in [6.07, 6.45) is 0. The normalized spacial score (nSPS) is 11.2. The molecule has 0 aliphatic rings. The SMILES string of the molecule is CC(C)c1ccc2oc(-c3ccc(Cl)c(NC(=S)NC(=O)c4ccc(-c5cccc(Cl)c5Cl)o4)c3)nc2c1. The van der Waals surface area contributed by atoms with Gasteiger partial charge >= 0.3 is 0 Å². The molecule has 5 aromatic rings. The smallest absolute Gasteiger partial charge is 0.293 e. The van der Waals surface area contributed by atoms with E-state index in [1.54, 1.807) is 42.5 Å². The molecule has 0 bridgehead atoms. The summed E-state index contributed by atoms with van der Waals surface area (Å²) in [4.78, 5) is 17.4. The number of hydrogen-bond donors (Lipinski definition) is 2. The van der Waals surface area contributed by atoms with Gasteiger partial charge in [-0.3, -0.25) is 10.1 Å². The number of benzene rings is 3. The van der Waals surface area contributed by atoms with Gasteiger partial charge in [0, 0.05) is 11.1 Å². The Kier molecular flexibility index (Phi) is 7.45. The van der Waals surface area contributed by atoms with E-state index in [1.807, 2.05) is 18.2 Å². The lowest BCUT2D eigenvalue weighted by molar-refractivity contribution is 0.0951. The molecule has 2 N–H and O–H groups in total. The summed E-state index contributed by atoms with van der Waals surface area (Å²) in [5.41, 5.74) is 4.38. The van der Waals surface area contributed by atoms with Gasteiger partial charge in [-0.25, -0.2) is 4.98 Å². The Bertz CT molecular complexity index is 1690. The summed E-state index contributed by atoms with van der Waals surface area (Å²) in [6.45, 7) is 4.25. The molecule has 0 saturated carbocycles. The molecule has 1 amide bonds. The van der Waals surface area contributed by atoms with Gasteiger partial charge in [-0.1, -0.05) is 60.8 Å². The van der Waals surface area contributed by atoms with Crippen LogP contribution in [0.1, 0.15) is 35.9 Å². The summed E-state index contributed by atoms with van der Waals surface area (Å²) in [5, 5.41) is 6.70. The number of aromatic nitrogens is 1. The van der Waals surface area contributed by atoms with Crippen molar-refractivity contribution in [3.05, 3.63) is 93.1 Å². The molecule has 0 aliphatic heterocycles. The zero-order valence-corrected chi connectivity index (χ0v) is 23.2. The minimum absolute atomic E-state index is 0.0342. The van der Waals surface area contributed by atoms with Crippen molar-refractivity contribution < 1.29 is 13.6 Å². The Hall–Kier alpha value is -3.36. The number of oxazole rings is 1. The van der Waals surface area contributed by atoms with E-state index in [0.29, 0.717) is 55.0 Å². The van der Waals surface area contributed by atoms with Gasteiger partial charge in [0.15, 0.2) is 16.5 Å². The monoisotopic (exact) mass is 583 g/mol. The van der Waals surface area contributed by atoms with Crippen molar-refractivity contribution in [3.63, 3.8) is 0 Å². The van der Waals surface area contributed by atoms with Gasteiger partial charge in [0.25, 0.3) is 5.91 Å². The summed E-state index contributed by atoms with van der Waals surface area (Å²) >= 11 is 24.1. The zero-order chi connectivity index (χ0) is 27.0. The van der Waals surface area contributed by atoms with Crippen molar-refractivity contribution in [3.8, 4) is 22.8 Å². The molecule has 2 heterocycles. The Morgan fingerprint density at radius 3 is 2.55 bits per heavy atom. The highest BCUT2D eigenvalue weighted by molar-refractivity contribution is 7.80. The molecule has 0 unspecified atom stereocenters. The van der Waals surface area contributed by atoms with Crippen LogP contribution >= 0.6 is 47.0 Å². The van der Waals surface area contributed by atoms with Gasteiger partial charge < -0.3 is 14.2 Å². The topological polar surface area (TPSA) is 80.3 Å². The van der Waals surface area contributed by atoms with E-state index < -0.39 is 5.91 Å². The third-order valence-electron chi connectivity index (χ3n) is 5.81. The van der Waals surface area contributed by atoms with Crippen LogP contribution in [0, 0.1) is 0 Å². The van der Waals surface area contributed by atoms with Gasteiger partial charge in [0.1, 0.15) is 11.3 Å². The minimum Gasteiger partial charge on any atom is -0.451 e. The molecule has 10 heteroatoms. The number of nitrogens with zero attached hydrogens (tertiary/aromatic N) is 1. The lowest BCUT2D eigenvalue weighted by Crippen LogP contribution is -2.34. The highest BCUT2D eigenvalue weighted by Gasteiger charge is 2.17. The van der Waals surface area contributed by atoms with E-state index in [1.165, 1.54) is 11.6 Å². The van der Waals surface area contributed by atoms with Crippen molar-refractivity contribution >= 4 is 74.8 Å². The van der Waals surface area contributed by atoms with Crippen molar-refractivity contribution in [1.82, 2.24) is 10.3 Å². The molecule has 6 nitrogen and oxygen atoms in total. The van der Waals surface area contributed by atoms with Crippen LogP contribution in [-0.2, 0) is 0 Å². The summed E-state index contributed by atoms with van der Waals surface area (Å²) in [5.74, 6) is 0.727. The van der Waals surface area contributed by atoms with Crippen LogP contribution in [-0.4, -0.2) is 16.0 Å². The van der Waals surface area contributed by atoms with Crippen molar-refractivity contribution in [1.29, 1.82) is 0 Å². The van der Waals surface area contributed by atoms with Crippen LogP contribution in [0.2, 0.25) is 15.1 Å². The average Bonchev–Trinajstić information content (AvgIpc) is 3.54. The van der Waals surface area contributed by atoms with Crippen LogP contribution in [0.5, 0.6) is 0 Å². The van der Waals surface area contributed by atoms with E-state index in [0.717, 1.165) is 5.52 Å². The highest BCUT2D eigenvalue weighted by Crippen LogP contribution is 2.35. The predicted molar refractivity (Wildman–Crippen MR) is 156 cm³/mol. The van der Waals surface area contributed by atoms with Gasteiger partial charge in [-0.05, 0) is 78.3 Å². The first-order valence-corrected chi connectivity index (χ1v) is 13.1. The van der Waals surface area contributed by atoms with Gasteiger partial charge in [0.05, 0.1) is 20.8 Å². The number of nitrogens with one attached hydrogen (secondary N) is 2. The van der Waals surface area contributed by atoms with Gasteiger partial charge in [0.2, 0.25) is 5.89 Å². The van der Waals surface area contributed by atoms with Crippen molar-refractivity contribution in [2.45, 2.75) is 19.8 Å². The molecule has 0 atom stereocenters. The van der Waals surface area contributed by atoms with Crippen LogP contribution in [0.25, 0.3) is 33.9 Å². The molecular formula is C28H20Cl3N3O3S. The number of thiocarbonyl (C=S) groups is 1. The third-order valence-corrected chi connectivity index (χ3v) is 7.17. The molecule has 0 radical (unpaired) electrons. The number of rotatable bonds is 5. The number of fused-ring (bicyclic) bond motifs is 1. The second-order valence-electron chi connectivity index (χ2n) is 8.77. The second kappa shape index (κ2) is 10.8. The van der Waals surface area contributed by atoms with Gasteiger partial charge in [-0.15, -0.1) is 0 Å². The predicted octanol–water partition coefficient (Wildman–Crippen LogP) is 8.97. The number of hydrogen-bond acceptors (Lipinski definition) is 5. The molecule has 2 aromatic heterocycles. The summed E-state index contributed by atoms with van der Waals surface area (Å²) in [6, 6.07) is 19.5.